The van der Waals surface area contributed by atoms with Crippen LogP contribution in [0.3, 0.4) is 0 Å². The summed E-state index contributed by atoms with van der Waals surface area (Å²) in [7, 11) is 0. The summed E-state index contributed by atoms with van der Waals surface area (Å²) < 4.78 is 13.0. The number of rotatable bonds is 6. The molecule has 4 rings (SSSR count). The SMILES string of the molecule is O=C(NCc1ccc(F)cc1)c1nc(-c2cccc(CN3CCCCC3)c2)[nH]c(=O)c1O. The van der Waals surface area contributed by atoms with Gasteiger partial charge in [-0.2, -0.15) is 0 Å². The number of aromatic nitrogens is 2. The van der Waals surface area contributed by atoms with E-state index in [0.29, 0.717) is 11.1 Å². The van der Waals surface area contributed by atoms with Gasteiger partial charge in [-0.25, -0.2) is 9.37 Å². The highest BCUT2D eigenvalue weighted by atomic mass is 19.1. The molecule has 8 heteroatoms. The number of benzene rings is 2. The zero-order valence-electron chi connectivity index (χ0n) is 17.6. The number of likely N-dealkylation sites (tertiary alicyclic amines) is 1. The molecule has 0 saturated carbocycles. The van der Waals surface area contributed by atoms with Crippen molar-refractivity contribution in [1.29, 1.82) is 0 Å². The third-order valence-corrected chi connectivity index (χ3v) is 5.53. The summed E-state index contributed by atoms with van der Waals surface area (Å²) in [6.45, 7) is 3.04. The molecule has 1 amide bonds. The molecule has 0 aliphatic carbocycles. The predicted octanol–water partition coefficient (Wildman–Crippen LogP) is 3.20. The van der Waals surface area contributed by atoms with Crippen LogP contribution in [0, 0.1) is 5.82 Å². The number of amides is 1. The lowest BCUT2D eigenvalue weighted by Gasteiger charge is -2.26. The molecule has 3 N–H and O–H groups in total. The summed E-state index contributed by atoms with van der Waals surface area (Å²) in [5.74, 6) is -1.60. The Bertz CT molecular complexity index is 1150. The highest BCUT2D eigenvalue weighted by molar-refractivity contribution is 5.95. The first-order valence-electron chi connectivity index (χ1n) is 10.7. The quantitative estimate of drug-likeness (QED) is 0.551. The Kier molecular flexibility index (Phi) is 6.61. The molecule has 1 saturated heterocycles. The number of nitrogens with one attached hydrogen (secondary N) is 2. The van der Waals surface area contributed by atoms with Crippen LogP contribution in [0.5, 0.6) is 5.75 Å². The van der Waals surface area contributed by atoms with Gasteiger partial charge in [0, 0.05) is 18.7 Å². The molecule has 2 heterocycles. The van der Waals surface area contributed by atoms with Gasteiger partial charge < -0.3 is 15.4 Å². The van der Waals surface area contributed by atoms with Gasteiger partial charge >= 0.3 is 0 Å². The van der Waals surface area contributed by atoms with Gasteiger partial charge in [0.15, 0.2) is 5.69 Å². The fourth-order valence-electron chi connectivity index (χ4n) is 3.82. The Morgan fingerprint density at radius 2 is 1.84 bits per heavy atom. The zero-order chi connectivity index (χ0) is 22.5. The van der Waals surface area contributed by atoms with E-state index in [1.807, 2.05) is 18.2 Å². The van der Waals surface area contributed by atoms with Crippen LogP contribution < -0.4 is 10.9 Å². The molecular formula is C24H25FN4O3. The highest BCUT2D eigenvalue weighted by Gasteiger charge is 2.19. The molecule has 1 aliphatic heterocycles. The molecule has 0 atom stereocenters. The summed E-state index contributed by atoms with van der Waals surface area (Å²) in [4.78, 5) is 34.0. The Hall–Kier alpha value is -3.52. The van der Waals surface area contributed by atoms with Gasteiger partial charge in [-0.05, 0) is 55.3 Å². The number of aromatic hydroxyl groups is 1. The van der Waals surface area contributed by atoms with E-state index >= 15 is 0 Å². The van der Waals surface area contributed by atoms with Crippen LogP contribution in [-0.2, 0) is 13.1 Å². The second-order valence-electron chi connectivity index (χ2n) is 7.96. The van der Waals surface area contributed by atoms with Gasteiger partial charge in [0.2, 0.25) is 5.75 Å². The lowest BCUT2D eigenvalue weighted by Crippen LogP contribution is -2.29. The predicted molar refractivity (Wildman–Crippen MR) is 119 cm³/mol. The summed E-state index contributed by atoms with van der Waals surface area (Å²) in [6, 6.07) is 13.3. The Labute approximate surface area is 184 Å². The van der Waals surface area contributed by atoms with Crippen molar-refractivity contribution in [3.63, 3.8) is 0 Å². The van der Waals surface area contributed by atoms with Crippen LogP contribution in [0.25, 0.3) is 11.4 Å². The number of piperidine rings is 1. The largest absolute Gasteiger partial charge is 0.501 e. The third kappa shape index (κ3) is 5.20. The molecule has 0 spiro atoms. The topological polar surface area (TPSA) is 98.3 Å². The number of aromatic amines is 1. The Balaban J connectivity index is 1.54. The minimum absolute atomic E-state index is 0.105. The molecule has 1 aromatic heterocycles. The molecule has 7 nitrogen and oxygen atoms in total. The summed E-state index contributed by atoms with van der Waals surface area (Å²) in [6.07, 6.45) is 3.66. The van der Waals surface area contributed by atoms with E-state index < -0.39 is 17.2 Å². The molecule has 0 unspecified atom stereocenters. The van der Waals surface area contributed by atoms with E-state index in [1.54, 1.807) is 18.2 Å². The highest BCUT2D eigenvalue weighted by Crippen LogP contribution is 2.20. The van der Waals surface area contributed by atoms with Crippen molar-refractivity contribution in [3.8, 4) is 17.1 Å². The van der Waals surface area contributed by atoms with E-state index in [9.17, 15) is 19.1 Å². The van der Waals surface area contributed by atoms with Crippen LogP contribution in [0.15, 0.2) is 53.3 Å². The molecule has 0 bridgehead atoms. The average molecular weight is 436 g/mol. The van der Waals surface area contributed by atoms with Crippen LogP contribution in [0.2, 0.25) is 0 Å². The van der Waals surface area contributed by atoms with Gasteiger partial charge in [-0.1, -0.05) is 36.8 Å². The van der Waals surface area contributed by atoms with Crippen LogP contribution in [-0.4, -0.2) is 39.0 Å². The molecule has 1 fully saturated rings. The lowest BCUT2D eigenvalue weighted by atomic mass is 10.1. The van der Waals surface area contributed by atoms with Gasteiger partial charge in [0.05, 0.1) is 0 Å². The van der Waals surface area contributed by atoms with Crippen molar-refractivity contribution in [2.45, 2.75) is 32.4 Å². The molecule has 32 heavy (non-hydrogen) atoms. The molecule has 2 aromatic carbocycles. The minimum atomic E-state index is -0.789. The number of H-pyrrole nitrogens is 1. The molecule has 166 valence electrons. The van der Waals surface area contributed by atoms with E-state index in [0.717, 1.165) is 25.2 Å². The fourth-order valence-corrected chi connectivity index (χ4v) is 3.82. The first kappa shape index (κ1) is 21.7. The van der Waals surface area contributed by atoms with Crippen molar-refractivity contribution in [2.24, 2.45) is 0 Å². The van der Waals surface area contributed by atoms with E-state index in [2.05, 4.69) is 20.2 Å². The number of carbonyl (C=O) groups is 1. The molecule has 1 aliphatic rings. The van der Waals surface area contributed by atoms with E-state index in [4.69, 9.17) is 0 Å². The van der Waals surface area contributed by atoms with Crippen molar-refractivity contribution in [1.82, 2.24) is 20.2 Å². The summed E-state index contributed by atoms with van der Waals surface area (Å²) in [5.41, 5.74) is 1.28. The lowest BCUT2D eigenvalue weighted by molar-refractivity contribution is 0.0942. The van der Waals surface area contributed by atoms with Crippen molar-refractivity contribution < 1.29 is 14.3 Å². The number of halogens is 1. The summed E-state index contributed by atoms with van der Waals surface area (Å²) >= 11 is 0. The zero-order valence-corrected chi connectivity index (χ0v) is 17.6. The molecule has 3 aromatic rings. The van der Waals surface area contributed by atoms with Crippen LogP contribution >= 0.6 is 0 Å². The van der Waals surface area contributed by atoms with Crippen LogP contribution in [0.4, 0.5) is 4.39 Å². The maximum absolute atomic E-state index is 13.0. The second kappa shape index (κ2) is 9.74. The number of hydrogen-bond acceptors (Lipinski definition) is 5. The fraction of sp³-hybridized carbons (Fsp3) is 0.292. The first-order chi connectivity index (χ1) is 15.5. The normalized spacial score (nSPS) is 14.3. The van der Waals surface area contributed by atoms with E-state index in [-0.39, 0.29) is 23.9 Å². The number of nitrogens with zero attached hydrogens (tertiary/aromatic N) is 2. The van der Waals surface area contributed by atoms with Crippen LogP contribution in [0.1, 0.15) is 40.9 Å². The van der Waals surface area contributed by atoms with Gasteiger partial charge in [-0.3, -0.25) is 14.5 Å². The van der Waals surface area contributed by atoms with E-state index in [1.165, 1.54) is 31.4 Å². The second-order valence-corrected chi connectivity index (χ2v) is 7.96. The van der Waals surface area contributed by atoms with Gasteiger partial charge in [0.25, 0.3) is 11.5 Å². The van der Waals surface area contributed by atoms with Crippen molar-refractivity contribution >= 4 is 5.91 Å². The molecule has 0 radical (unpaired) electrons. The maximum Gasteiger partial charge on any atom is 0.294 e. The maximum atomic E-state index is 13.0. The van der Waals surface area contributed by atoms with Crippen molar-refractivity contribution in [3.05, 3.63) is 81.5 Å². The minimum Gasteiger partial charge on any atom is -0.501 e. The van der Waals surface area contributed by atoms with Gasteiger partial charge in [-0.15, -0.1) is 0 Å². The Morgan fingerprint density at radius 1 is 1.09 bits per heavy atom. The number of hydrogen-bond donors (Lipinski definition) is 3. The number of carbonyl (C=O) groups excluding carboxylic acids is 1. The first-order valence-corrected chi connectivity index (χ1v) is 10.7. The summed E-state index contributed by atoms with van der Waals surface area (Å²) in [5, 5.41) is 12.7. The third-order valence-electron chi connectivity index (χ3n) is 5.53. The smallest absolute Gasteiger partial charge is 0.294 e. The standard InChI is InChI=1S/C24H25FN4O3/c25-19-9-7-16(8-10-19)14-26-23(31)20-21(30)24(32)28-22(27-20)18-6-4-5-17(13-18)15-29-11-2-1-3-12-29/h4-10,13,30H,1-3,11-12,14-15H2,(H,26,31)(H,27,28,32). The van der Waals surface area contributed by atoms with Crippen molar-refractivity contribution in [2.75, 3.05) is 13.1 Å². The average Bonchev–Trinajstić information content (AvgIpc) is 2.81. The monoisotopic (exact) mass is 436 g/mol. The van der Waals surface area contributed by atoms with Gasteiger partial charge in [0.1, 0.15) is 11.6 Å². The Morgan fingerprint density at radius 3 is 2.59 bits per heavy atom. The molecular weight excluding hydrogens is 411 g/mol.